The molecule has 1 nitrogen and oxygen atoms in total. The highest BCUT2D eigenvalue weighted by atomic mass is 19.1. The Hall–Kier alpha value is -0.890. The van der Waals surface area contributed by atoms with E-state index in [1.807, 2.05) is 12.1 Å². The summed E-state index contributed by atoms with van der Waals surface area (Å²) in [5.74, 6) is 1.05. The minimum atomic E-state index is -0.168. The molecule has 0 aromatic heterocycles. The van der Waals surface area contributed by atoms with Crippen LogP contribution >= 0.6 is 0 Å². The van der Waals surface area contributed by atoms with Crippen LogP contribution in [-0.4, -0.2) is 6.54 Å². The summed E-state index contributed by atoms with van der Waals surface area (Å²) in [4.78, 5) is 0. The minimum Gasteiger partial charge on any atom is -0.310 e. The average Bonchev–Trinajstić information content (AvgIpc) is 2.25. The second kappa shape index (κ2) is 6.75. The van der Waals surface area contributed by atoms with E-state index in [4.69, 9.17) is 0 Å². The fraction of sp³-hybridized carbons (Fsp3) is 0.600. The lowest BCUT2D eigenvalue weighted by atomic mass is 9.95. The van der Waals surface area contributed by atoms with Crippen molar-refractivity contribution in [3.05, 3.63) is 35.6 Å². The van der Waals surface area contributed by atoms with Crippen LogP contribution in [0.3, 0.4) is 0 Å². The molecule has 0 radical (unpaired) electrons. The lowest BCUT2D eigenvalue weighted by Crippen LogP contribution is -2.27. The Balaban J connectivity index is 2.62. The maximum atomic E-state index is 12.9. The van der Waals surface area contributed by atoms with Gasteiger partial charge in [0.15, 0.2) is 0 Å². The standard InChI is InChI=1S/C15H24FN/c1-11(2)9-10-17-15(12(3)4)13-5-7-14(16)8-6-13/h5-8,11-12,15,17H,9-10H2,1-4H3. The van der Waals surface area contributed by atoms with Gasteiger partial charge in [0.25, 0.3) is 0 Å². The van der Waals surface area contributed by atoms with E-state index in [0.29, 0.717) is 17.9 Å². The Labute approximate surface area is 104 Å². The summed E-state index contributed by atoms with van der Waals surface area (Å²) < 4.78 is 12.9. The predicted molar refractivity (Wildman–Crippen MR) is 71.4 cm³/mol. The molecule has 17 heavy (non-hydrogen) atoms. The largest absolute Gasteiger partial charge is 0.310 e. The summed E-state index contributed by atoms with van der Waals surface area (Å²) in [5.41, 5.74) is 1.17. The van der Waals surface area contributed by atoms with Crippen LogP contribution in [0.2, 0.25) is 0 Å². The molecule has 1 unspecified atom stereocenters. The maximum absolute atomic E-state index is 12.9. The van der Waals surface area contributed by atoms with E-state index in [1.54, 1.807) is 0 Å². The van der Waals surface area contributed by atoms with Gasteiger partial charge in [0, 0.05) is 6.04 Å². The number of rotatable bonds is 6. The van der Waals surface area contributed by atoms with Gasteiger partial charge in [0.05, 0.1) is 0 Å². The van der Waals surface area contributed by atoms with Crippen molar-refractivity contribution in [3.63, 3.8) is 0 Å². The first-order chi connectivity index (χ1) is 8.00. The molecule has 1 rings (SSSR count). The second-order valence-corrected chi connectivity index (χ2v) is 5.41. The molecule has 0 spiro atoms. The first kappa shape index (κ1) is 14.2. The van der Waals surface area contributed by atoms with Gasteiger partial charge in [-0.3, -0.25) is 0 Å². The van der Waals surface area contributed by atoms with E-state index in [-0.39, 0.29) is 5.82 Å². The van der Waals surface area contributed by atoms with Crippen molar-refractivity contribution in [3.8, 4) is 0 Å². The van der Waals surface area contributed by atoms with Crippen molar-refractivity contribution in [2.45, 2.75) is 40.2 Å². The van der Waals surface area contributed by atoms with Crippen LogP contribution in [0.5, 0.6) is 0 Å². The van der Waals surface area contributed by atoms with Crippen molar-refractivity contribution < 1.29 is 4.39 Å². The molecule has 1 atom stereocenters. The molecule has 0 saturated heterocycles. The number of nitrogens with one attached hydrogen (secondary N) is 1. The van der Waals surface area contributed by atoms with E-state index in [1.165, 1.54) is 24.1 Å². The first-order valence-electron chi connectivity index (χ1n) is 6.49. The van der Waals surface area contributed by atoms with Gasteiger partial charge in [-0.2, -0.15) is 0 Å². The van der Waals surface area contributed by atoms with Crippen LogP contribution in [-0.2, 0) is 0 Å². The van der Waals surface area contributed by atoms with E-state index < -0.39 is 0 Å². The normalized spacial score (nSPS) is 13.4. The summed E-state index contributed by atoms with van der Waals surface area (Å²) >= 11 is 0. The zero-order chi connectivity index (χ0) is 12.8. The SMILES string of the molecule is CC(C)CCNC(c1ccc(F)cc1)C(C)C. The van der Waals surface area contributed by atoms with Crippen molar-refractivity contribution >= 4 is 0 Å². The Morgan fingerprint density at radius 3 is 2.12 bits per heavy atom. The number of hydrogen-bond acceptors (Lipinski definition) is 1. The summed E-state index contributed by atoms with van der Waals surface area (Å²) in [5, 5.41) is 3.56. The van der Waals surface area contributed by atoms with Gasteiger partial charge in [0.1, 0.15) is 5.82 Å². The fourth-order valence-electron chi connectivity index (χ4n) is 1.94. The quantitative estimate of drug-likeness (QED) is 0.783. The molecular formula is C15H24FN. The van der Waals surface area contributed by atoms with Crippen molar-refractivity contribution in [1.82, 2.24) is 5.32 Å². The third-order valence-electron chi connectivity index (χ3n) is 2.98. The lowest BCUT2D eigenvalue weighted by molar-refractivity contribution is 0.394. The number of halogens is 1. The van der Waals surface area contributed by atoms with E-state index in [2.05, 4.69) is 33.0 Å². The molecule has 0 aliphatic rings. The van der Waals surface area contributed by atoms with Crippen LogP contribution in [0.4, 0.5) is 4.39 Å². The Morgan fingerprint density at radius 1 is 1.06 bits per heavy atom. The summed E-state index contributed by atoms with van der Waals surface area (Å²) in [6.45, 7) is 9.85. The molecule has 0 bridgehead atoms. The molecule has 0 fully saturated rings. The van der Waals surface area contributed by atoms with Gasteiger partial charge < -0.3 is 5.32 Å². The molecule has 1 aromatic carbocycles. The first-order valence-corrected chi connectivity index (χ1v) is 6.49. The van der Waals surface area contributed by atoms with Crippen LogP contribution in [0.1, 0.15) is 45.7 Å². The molecule has 2 heteroatoms. The third kappa shape index (κ3) is 4.86. The highest BCUT2D eigenvalue weighted by molar-refractivity contribution is 5.20. The summed E-state index contributed by atoms with van der Waals surface area (Å²) in [6, 6.07) is 7.14. The lowest BCUT2D eigenvalue weighted by Gasteiger charge is -2.23. The van der Waals surface area contributed by atoms with Crippen molar-refractivity contribution in [2.24, 2.45) is 11.8 Å². The van der Waals surface area contributed by atoms with Gasteiger partial charge in [-0.1, -0.05) is 39.8 Å². The highest BCUT2D eigenvalue weighted by Gasteiger charge is 2.14. The molecule has 0 heterocycles. The Kier molecular flexibility index (Phi) is 5.63. The third-order valence-corrected chi connectivity index (χ3v) is 2.98. The molecule has 0 amide bonds. The summed E-state index contributed by atoms with van der Waals surface area (Å²) in [6.07, 6.45) is 1.17. The van der Waals surface area contributed by atoms with Gasteiger partial charge in [-0.15, -0.1) is 0 Å². The average molecular weight is 237 g/mol. The van der Waals surface area contributed by atoms with E-state index in [9.17, 15) is 4.39 Å². The Bertz CT molecular complexity index is 316. The number of hydrogen-bond donors (Lipinski definition) is 1. The predicted octanol–water partition coefficient (Wildman–Crippen LogP) is 4.16. The van der Waals surface area contributed by atoms with Crippen LogP contribution in [0.15, 0.2) is 24.3 Å². The minimum absolute atomic E-state index is 0.168. The molecule has 96 valence electrons. The zero-order valence-corrected chi connectivity index (χ0v) is 11.3. The molecule has 0 aliphatic carbocycles. The zero-order valence-electron chi connectivity index (χ0n) is 11.3. The number of benzene rings is 1. The van der Waals surface area contributed by atoms with Crippen molar-refractivity contribution in [2.75, 3.05) is 6.54 Å². The van der Waals surface area contributed by atoms with Gasteiger partial charge in [-0.05, 0) is 42.5 Å². The highest BCUT2D eigenvalue weighted by Crippen LogP contribution is 2.22. The van der Waals surface area contributed by atoms with E-state index >= 15 is 0 Å². The smallest absolute Gasteiger partial charge is 0.123 e. The molecular weight excluding hydrogens is 213 g/mol. The van der Waals surface area contributed by atoms with Crippen LogP contribution in [0, 0.1) is 17.7 Å². The monoisotopic (exact) mass is 237 g/mol. The topological polar surface area (TPSA) is 12.0 Å². The molecule has 1 aromatic rings. The van der Waals surface area contributed by atoms with Gasteiger partial charge >= 0.3 is 0 Å². The Morgan fingerprint density at radius 2 is 1.65 bits per heavy atom. The van der Waals surface area contributed by atoms with Gasteiger partial charge in [-0.25, -0.2) is 4.39 Å². The fourth-order valence-corrected chi connectivity index (χ4v) is 1.94. The molecule has 0 aliphatic heterocycles. The van der Waals surface area contributed by atoms with Crippen molar-refractivity contribution in [1.29, 1.82) is 0 Å². The van der Waals surface area contributed by atoms with Gasteiger partial charge in [0.2, 0.25) is 0 Å². The molecule has 1 N–H and O–H groups in total. The summed E-state index contributed by atoms with van der Waals surface area (Å²) in [7, 11) is 0. The molecule has 0 saturated carbocycles. The van der Waals surface area contributed by atoms with E-state index in [0.717, 1.165) is 6.54 Å². The second-order valence-electron chi connectivity index (χ2n) is 5.41. The van der Waals surface area contributed by atoms with Crippen LogP contribution in [0.25, 0.3) is 0 Å². The van der Waals surface area contributed by atoms with Crippen LogP contribution < -0.4 is 5.32 Å². The maximum Gasteiger partial charge on any atom is 0.123 e.